The Bertz CT molecular complexity index is 398. The average molecular weight is 268 g/mol. The molecule has 1 atom stereocenters. The van der Waals surface area contributed by atoms with E-state index in [1.54, 1.807) is 16.8 Å². The summed E-state index contributed by atoms with van der Waals surface area (Å²) in [6, 6.07) is -0.0151. The molecule has 2 saturated heterocycles. The van der Waals surface area contributed by atoms with Crippen LogP contribution >= 0.6 is 0 Å². The molecule has 0 spiro atoms. The molecule has 0 radical (unpaired) electrons. The molecule has 0 aromatic rings. The van der Waals surface area contributed by atoms with Gasteiger partial charge in [-0.05, 0) is 6.92 Å². The highest BCUT2D eigenvalue weighted by Gasteiger charge is 2.40. The lowest BCUT2D eigenvalue weighted by atomic mass is 10.1. The van der Waals surface area contributed by atoms with Gasteiger partial charge in [-0.25, -0.2) is 0 Å². The fourth-order valence-corrected chi connectivity index (χ4v) is 2.38. The zero-order chi connectivity index (χ0) is 14.0. The molecule has 1 unspecified atom stereocenters. The molecule has 106 valence electrons. The Hall–Kier alpha value is -1.63. The van der Waals surface area contributed by atoms with Crippen LogP contribution in [-0.4, -0.2) is 84.8 Å². The van der Waals surface area contributed by atoms with Crippen molar-refractivity contribution in [3.8, 4) is 0 Å². The number of rotatable bonds is 3. The van der Waals surface area contributed by atoms with Gasteiger partial charge in [0.2, 0.25) is 5.91 Å². The molecule has 2 rings (SSSR count). The van der Waals surface area contributed by atoms with Crippen LogP contribution in [0.25, 0.3) is 0 Å². The molecule has 2 aliphatic rings. The van der Waals surface area contributed by atoms with E-state index in [1.807, 2.05) is 6.92 Å². The van der Waals surface area contributed by atoms with E-state index in [1.165, 1.54) is 4.90 Å². The molecule has 7 heteroatoms. The summed E-state index contributed by atoms with van der Waals surface area (Å²) in [7, 11) is 1.69. The second-order valence-electron chi connectivity index (χ2n) is 4.95. The second-order valence-corrected chi connectivity index (χ2v) is 4.95. The van der Waals surface area contributed by atoms with E-state index >= 15 is 0 Å². The van der Waals surface area contributed by atoms with Crippen molar-refractivity contribution in [2.24, 2.45) is 0 Å². The molecule has 0 saturated carbocycles. The SMILES string of the molecule is CCN(C)C(=O)CN1CC2CNCCN2C(=O)C1=O. The highest BCUT2D eigenvalue weighted by molar-refractivity contribution is 6.35. The van der Waals surface area contributed by atoms with Crippen LogP contribution in [0.15, 0.2) is 0 Å². The first kappa shape index (κ1) is 13.8. The van der Waals surface area contributed by atoms with Crippen LogP contribution in [-0.2, 0) is 14.4 Å². The Kier molecular flexibility index (Phi) is 4.04. The highest BCUT2D eigenvalue weighted by Crippen LogP contribution is 2.14. The van der Waals surface area contributed by atoms with Gasteiger partial charge in [0.15, 0.2) is 0 Å². The molecular weight excluding hydrogens is 248 g/mol. The molecule has 0 bridgehead atoms. The molecule has 7 nitrogen and oxygen atoms in total. The average Bonchev–Trinajstić information content (AvgIpc) is 2.43. The number of nitrogens with one attached hydrogen (secondary N) is 1. The minimum Gasteiger partial charge on any atom is -0.345 e. The van der Waals surface area contributed by atoms with Gasteiger partial charge in [0.1, 0.15) is 6.54 Å². The van der Waals surface area contributed by atoms with Crippen LogP contribution in [0.5, 0.6) is 0 Å². The Labute approximate surface area is 112 Å². The van der Waals surface area contributed by atoms with Gasteiger partial charge < -0.3 is 20.0 Å². The van der Waals surface area contributed by atoms with E-state index in [2.05, 4.69) is 5.32 Å². The number of piperazine rings is 2. The summed E-state index contributed by atoms with van der Waals surface area (Å²) in [6.07, 6.45) is 0. The Morgan fingerprint density at radius 2 is 2.16 bits per heavy atom. The zero-order valence-electron chi connectivity index (χ0n) is 11.4. The summed E-state index contributed by atoms with van der Waals surface area (Å²) in [6.45, 7) is 4.83. The van der Waals surface area contributed by atoms with Crippen molar-refractivity contribution in [1.29, 1.82) is 0 Å². The van der Waals surface area contributed by atoms with E-state index in [-0.39, 0.29) is 18.5 Å². The molecule has 19 heavy (non-hydrogen) atoms. The lowest BCUT2D eigenvalue weighted by molar-refractivity contribution is -0.161. The van der Waals surface area contributed by atoms with Crippen molar-refractivity contribution >= 4 is 17.7 Å². The molecule has 2 fully saturated rings. The zero-order valence-corrected chi connectivity index (χ0v) is 11.4. The summed E-state index contributed by atoms with van der Waals surface area (Å²) in [5, 5.41) is 3.20. The second kappa shape index (κ2) is 5.56. The van der Waals surface area contributed by atoms with E-state index < -0.39 is 11.8 Å². The third-order valence-corrected chi connectivity index (χ3v) is 3.74. The van der Waals surface area contributed by atoms with Gasteiger partial charge in [-0.15, -0.1) is 0 Å². The maximum atomic E-state index is 12.0. The van der Waals surface area contributed by atoms with Crippen LogP contribution in [0.3, 0.4) is 0 Å². The van der Waals surface area contributed by atoms with E-state index in [9.17, 15) is 14.4 Å². The Balaban J connectivity index is 2.04. The lowest BCUT2D eigenvalue weighted by Gasteiger charge is -2.43. The van der Waals surface area contributed by atoms with Gasteiger partial charge in [0, 0.05) is 39.8 Å². The third kappa shape index (κ3) is 2.70. The maximum Gasteiger partial charge on any atom is 0.312 e. The lowest BCUT2D eigenvalue weighted by Crippen LogP contribution is -2.66. The number of carbonyl (C=O) groups excluding carboxylic acids is 3. The van der Waals surface area contributed by atoms with Crippen LogP contribution < -0.4 is 5.32 Å². The summed E-state index contributed by atoms with van der Waals surface area (Å²) >= 11 is 0. The van der Waals surface area contributed by atoms with Gasteiger partial charge in [-0.1, -0.05) is 0 Å². The van der Waals surface area contributed by atoms with Gasteiger partial charge in [-0.2, -0.15) is 0 Å². The topological polar surface area (TPSA) is 73.0 Å². The third-order valence-electron chi connectivity index (χ3n) is 3.74. The van der Waals surface area contributed by atoms with Crippen LogP contribution in [0, 0.1) is 0 Å². The van der Waals surface area contributed by atoms with Crippen molar-refractivity contribution in [2.45, 2.75) is 13.0 Å². The number of carbonyl (C=O) groups is 3. The fraction of sp³-hybridized carbons (Fsp3) is 0.750. The first-order chi connectivity index (χ1) is 9.04. The van der Waals surface area contributed by atoms with E-state index in [0.29, 0.717) is 32.7 Å². The number of likely N-dealkylation sites (N-methyl/N-ethyl adjacent to an activating group) is 1. The van der Waals surface area contributed by atoms with Crippen molar-refractivity contribution in [1.82, 2.24) is 20.0 Å². The quantitative estimate of drug-likeness (QED) is 0.607. The Morgan fingerprint density at radius 3 is 2.84 bits per heavy atom. The number of amides is 3. The normalized spacial score (nSPS) is 23.4. The monoisotopic (exact) mass is 268 g/mol. The molecule has 2 heterocycles. The first-order valence-corrected chi connectivity index (χ1v) is 6.59. The highest BCUT2D eigenvalue weighted by atomic mass is 16.2. The number of nitrogens with zero attached hydrogens (tertiary/aromatic N) is 3. The van der Waals surface area contributed by atoms with Gasteiger partial charge in [0.25, 0.3) is 0 Å². The number of hydrogen-bond acceptors (Lipinski definition) is 4. The summed E-state index contributed by atoms with van der Waals surface area (Å²) < 4.78 is 0. The molecule has 0 aromatic carbocycles. The molecule has 0 aliphatic carbocycles. The molecule has 1 N–H and O–H groups in total. The van der Waals surface area contributed by atoms with Crippen molar-refractivity contribution in [2.75, 3.05) is 46.3 Å². The predicted octanol–water partition coefficient (Wildman–Crippen LogP) is -1.89. The molecule has 2 aliphatic heterocycles. The molecule has 0 aromatic heterocycles. The van der Waals surface area contributed by atoms with Crippen molar-refractivity contribution in [3.63, 3.8) is 0 Å². The Morgan fingerprint density at radius 1 is 1.42 bits per heavy atom. The summed E-state index contributed by atoms with van der Waals surface area (Å²) in [4.78, 5) is 40.3. The summed E-state index contributed by atoms with van der Waals surface area (Å²) in [5.41, 5.74) is 0. The standard InChI is InChI=1S/C12H20N4O3/c1-3-14(2)10(17)8-15-7-9-6-13-4-5-16(9)12(19)11(15)18/h9,13H,3-8H2,1-2H3. The van der Waals surface area contributed by atoms with E-state index in [0.717, 1.165) is 0 Å². The summed E-state index contributed by atoms with van der Waals surface area (Å²) in [5.74, 6) is -1.18. The minimum atomic E-state index is -0.559. The number of hydrogen-bond donors (Lipinski definition) is 1. The van der Waals surface area contributed by atoms with E-state index in [4.69, 9.17) is 0 Å². The van der Waals surface area contributed by atoms with Crippen LogP contribution in [0.2, 0.25) is 0 Å². The van der Waals surface area contributed by atoms with Gasteiger partial charge >= 0.3 is 11.8 Å². The molecular formula is C12H20N4O3. The smallest absolute Gasteiger partial charge is 0.312 e. The maximum absolute atomic E-state index is 12.0. The van der Waals surface area contributed by atoms with Crippen molar-refractivity contribution in [3.05, 3.63) is 0 Å². The number of fused-ring (bicyclic) bond motifs is 1. The largest absolute Gasteiger partial charge is 0.345 e. The fourth-order valence-electron chi connectivity index (χ4n) is 2.38. The first-order valence-electron chi connectivity index (χ1n) is 6.59. The van der Waals surface area contributed by atoms with Gasteiger partial charge in [-0.3, -0.25) is 14.4 Å². The predicted molar refractivity (Wildman–Crippen MR) is 68.3 cm³/mol. The van der Waals surface area contributed by atoms with Crippen LogP contribution in [0.4, 0.5) is 0 Å². The minimum absolute atomic E-state index is 0.0146. The van der Waals surface area contributed by atoms with Crippen molar-refractivity contribution < 1.29 is 14.4 Å². The van der Waals surface area contributed by atoms with Crippen LogP contribution in [0.1, 0.15) is 6.92 Å². The van der Waals surface area contributed by atoms with Gasteiger partial charge in [0.05, 0.1) is 6.04 Å². The molecule has 3 amide bonds.